The van der Waals surface area contributed by atoms with E-state index in [4.69, 9.17) is 9.47 Å². The first kappa shape index (κ1) is 28.0. The highest BCUT2D eigenvalue weighted by molar-refractivity contribution is 5.87. The van der Waals surface area contributed by atoms with Crippen molar-refractivity contribution in [2.75, 3.05) is 14.2 Å². The van der Waals surface area contributed by atoms with Crippen LogP contribution in [0.2, 0.25) is 0 Å². The van der Waals surface area contributed by atoms with E-state index in [1.165, 1.54) is 61.0 Å². The maximum atomic E-state index is 12.3. The van der Waals surface area contributed by atoms with E-state index >= 15 is 0 Å². The van der Waals surface area contributed by atoms with Crippen LogP contribution in [0.5, 0.6) is 11.5 Å². The molecule has 6 aliphatic carbocycles. The van der Waals surface area contributed by atoms with Gasteiger partial charge in [0.05, 0.1) is 20.0 Å². The number of Topliss-reactive ketones (excluding diaryl/α,β-unsaturated/α-hetero) is 1. The van der Waals surface area contributed by atoms with Crippen LogP contribution in [-0.2, 0) is 22.4 Å². The quantitative estimate of drug-likeness (QED) is 0.395. The average Bonchev–Trinajstić information content (AvgIpc) is 3.51. The maximum Gasteiger partial charge on any atom is 0.139 e. The van der Waals surface area contributed by atoms with Crippen LogP contribution in [0.4, 0.5) is 0 Å². The van der Waals surface area contributed by atoms with E-state index in [0.717, 1.165) is 55.6 Å². The molecule has 0 aliphatic heterocycles. The molecule has 4 heteroatoms. The second-order valence-corrected chi connectivity index (χ2v) is 14.7. The summed E-state index contributed by atoms with van der Waals surface area (Å²) in [6.45, 7) is 4.65. The van der Waals surface area contributed by atoms with E-state index in [1.54, 1.807) is 12.7 Å². The number of hydrogen-bond acceptors (Lipinski definition) is 4. The monoisotopic (exact) mass is 568 g/mol. The molecule has 0 spiro atoms. The third kappa shape index (κ3) is 4.26. The van der Waals surface area contributed by atoms with Gasteiger partial charge in [0.2, 0.25) is 0 Å². The Morgan fingerprint density at radius 2 is 1.38 bits per heavy atom. The lowest BCUT2D eigenvalue weighted by atomic mass is 9.55. The van der Waals surface area contributed by atoms with Crippen LogP contribution in [-0.4, -0.2) is 25.1 Å². The molecule has 8 atom stereocenters. The molecule has 6 unspecified atom stereocenters. The van der Waals surface area contributed by atoms with Crippen LogP contribution in [0.1, 0.15) is 106 Å². The van der Waals surface area contributed by atoms with E-state index < -0.39 is 0 Å². The third-order valence-electron chi connectivity index (χ3n) is 13.1. The minimum atomic E-state index is -0.0322. The molecule has 0 amide bonds. The van der Waals surface area contributed by atoms with Gasteiger partial charge in [-0.25, -0.2) is 0 Å². The summed E-state index contributed by atoms with van der Waals surface area (Å²) >= 11 is 0. The summed E-state index contributed by atoms with van der Waals surface area (Å²) in [4.78, 5) is 12.3. The lowest BCUT2D eigenvalue weighted by Crippen LogP contribution is -2.42. The molecule has 2 aromatic carbocycles. The summed E-state index contributed by atoms with van der Waals surface area (Å²) in [5.41, 5.74) is 6.13. The Kier molecular flexibility index (Phi) is 6.98. The standard InChI is InChI=1S/C20H26O2.C18H22O2/c1-20-11-10-16-15-7-5-14(21-2)12-13(15)4-6-17(16)18(20)8-9-19(20)22-3;1-18-9-8-14-13-5-3-12(19)10-11(13)2-4-15(14)16(18)6-7-17(18)20/h5,7,9,12,16-18H,4,6,8,10-11H2,1-3H3;3,5,10,14-16,19H,2,4,6-9H2,1H3/t16?,17?,18?,20-;14?,15?,16?,18-/m00/s1. The van der Waals surface area contributed by atoms with Gasteiger partial charge in [-0.15, -0.1) is 0 Å². The first-order valence-corrected chi connectivity index (χ1v) is 16.5. The molecule has 0 saturated heterocycles. The summed E-state index contributed by atoms with van der Waals surface area (Å²) in [5.74, 6) is 7.34. The maximum absolute atomic E-state index is 12.3. The summed E-state index contributed by atoms with van der Waals surface area (Å²) < 4.78 is 11.1. The highest BCUT2D eigenvalue weighted by Crippen LogP contribution is 2.62. The van der Waals surface area contributed by atoms with Crippen LogP contribution in [0.3, 0.4) is 0 Å². The fourth-order valence-corrected chi connectivity index (χ4v) is 10.9. The number of benzene rings is 2. The van der Waals surface area contributed by atoms with E-state index in [-0.39, 0.29) is 10.8 Å². The number of allylic oxidation sites excluding steroid dienone is 2. The molecule has 4 nitrogen and oxygen atoms in total. The molecule has 42 heavy (non-hydrogen) atoms. The Bertz CT molecular complexity index is 1410. The van der Waals surface area contributed by atoms with Crippen molar-refractivity contribution in [2.45, 2.75) is 96.3 Å². The molecule has 0 heterocycles. The fraction of sp³-hybridized carbons (Fsp3) is 0.605. The van der Waals surface area contributed by atoms with Crippen molar-refractivity contribution in [1.82, 2.24) is 0 Å². The number of carbonyl (C=O) groups excluding carboxylic acids is 1. The van der Waals surface area contributed by atoms with Crippen molar-refractivity contribution < 1.29 is 19.4 Å². The number of rotatable bonds is 2. The van der Waals surface area contributed by atoms with Gasteiger partial charge in [-0.05, 0) is 152 Å². The van der Waals surface area contributed by atoms with Gasteiger partial charge in [0.15, 0.2) is 0 Å². The van der Waals surface area contributed by atoms with Crippen LogP contribution in [0, 0.1) is 34.5 Å². The molecule has 0 radical (unpaired) electrons. The lowest BCUT2D eigenvalue weighted by Gasteiger charge is -2.49. The van der Waals surface area contributed by atoms with Crippen LogP contribution < -0.4 is 4.74 Å². The minimum Gasteiger partial charge on any atom is -0.508 e. The number of methoxy groups -OCH3 is 2. The SMILES string of the molecule is COC1=CCC2C3CCc4cc(OC)ccc4C3CC[C@]12C.C[C@]12CCC3c4ccc(O)cc4CCC3C1CCC2=O. The number of hydrogen-bond donors (Lipinski definition) is 1. The van der Waals surface area contributed by atoms with Gasteiger partial charge in [0, 0.05) is 17.3 Å². The Balaban J connectivity index is 0.000000138. The number of phenols is 1. The van der Waals surface area contributed by atoms with Crippen LogP contribution >= 0.6 is 0 Å². The first-order valence-electron chi connectivity index (χ1n) is 16.5. The van der Waals surface area contributed by atoms with E-state index in [2.05, 4.69) is 44.2 Å². The van der Waals surface area contributed by atoms with Crippen molar-refractivity contribution in [2.24, 2.45) is 34.5 Å². The summed E-state index contributed by atoms with van der Waals surface area (Å²) in [6.07, 6.45) is 15.0. The van der Waals surface area contributed by atoms with Crippen molar-refractivity contribution >= 4 is 5.78 Å². The average molecular weight is 569 g/mol. The number of carbonyl (C=O) groups is 1. The predicted octanol–water partition coefficient (Wildman–Crippen LogP) is 8.51. The van der Waals surface area contributed by atoms with Gasteiger partial charge in [-0.2, -0.15) is 0 Å². The molecule has 2 aromatic rings. The van der Waals surface area contributed by atoms with Crippen molar-refractivity contribution in [3.8, 4) is 11.5 Å². The smallest absolute Gasteiger partial charge is 0.139 e. The molecular formula is C38H48O4. The molecule has 1 N–H and O–H groups in total. The van der Waals surface area contributed by atoms with E-state index in [0.29, 0.717) is 29.3 Å². The van der Waals surface area contributed by atoms with Gasteiger partial charge in [0.25, 0.3) is 0 Å². The van der Waals surface area contributed by atoms with Gasteiger partial charge in [-0.1, -0.05) is 26.0 Å². The molecule has 6 aliphatic rings. The Morgan fingerprint density at radius 3 is 2.07 bits per heavy atom. The second kappa shape index (κ2) is 10.5. The molecule has 3 fully saturated rings. The topological polar surface area (TPSA) is 55.8 Å². The minimum absolute atomic E-state index is 0.0322. The number of phenolic OH excluding ortho intramolecular Hbond substituents is 1. The summed E-state index contributed by atoms with van der Waals surface area (Å²) in [7, 11) is 3.60. The molecule has 224 valence electrons. The molecule has 3 saturated carbocycles. The Hall–Kier alpha value is -2.75. The van der Waals surface area contributed by atoms with Crippen molar-refractivity contribution in [3.63, 3.8) is 0 Å². The number of ether oxygens (including phenoxy) is 2. The van der Waals surface area contributed by atoms with Crippen molar-refractivity contribution in [3.05, 3.63) is 70.5 Å². The zero-order valence-electron chi connectivity index (χ0n) is 26.0. The normalized spacial score (nSPS) is 37.4. The number of ketones is 1. The molecule has 0 bridgehead atoms. The number of fused-ring (bicyclic) bond motifs is 10. The molecule has 0 aromatic heterocycles. The summed E-state index contributed by atoms with van der Waals surface area (Å²) in [6, 6.07) is 12.6. The number of aryl methyl sites for hydroxylation is 2. The Labute approximate surface area is 251 Å². The largest absolute Gasteiger partial charge is 0.508 e. The zero-order valence-corrected chi connectivity index (χ0v) is 26.0. The predicted molar refractivity (Wildman–Crippen MR) is 166 cm³/mol. The van der Waals surface area contributed by atoms with Gasteiger partial charge < -0.3 is 14.6 Å². The molecule has 8 rings (SSSR count). The van der Waals surface area contributed by atoms with Gasteiger partial charge in [0.1, 0.15) is 17.3 Å². The van der Waals surface area contributed by atoms with Crippen LogP contribution in [0.15, 0.2) is 48.2 Å². The highest BCUT2D eigenvalue weighted by atomic mass is 16.5. The molecular weight excluding hydrogens is 520 g/mol. The summed E-state index contributed by atoms with van der Waals surface area (Å²) in [5, 5.41) is 9.67. The third-order valence-corrected chi connectivity index (χ3v) is 13.1. The first-order chi connectivity index (χ1) is 20.3. The zero-order chi connectivity index (χ0) is 29.2. The second-order valence-electron chi connectivity index (χ2n) is 14.7. The fourth-order valence-electron chi connectivity index (χ4n) is 10.9. The van der Waals surface area contributed by atoms with Crippen LogP contribution in [0.25, 0.3) is 0 Å². The number of aromatic hydroxyl groups is 1. The van der Waals surface area contributed by atoms with Gasteiger partial charge >= 0.3 is 0 Å². The van der Waals surface area contributed by atoms with E-state index in [1.807, 2.05) is 19.2 Å². The van der Waals surface area contributed by atoms with Gasteiger partial charge in [-0.3, -0.25) is 4.79 Å². The van der Waals surface area contributed by atoms with Crippen molar-refractivity contribution in [1.29, 1.82) is 0 Å². The highest BCUT2D eigenvalue weighted by Gasteiger charge is 2.55. The van der Waals surface area contributed by atoms with E-state index in [9.17, 15) is 9.90 Å². The lowest BCUT2D eigenvalue weighted by molar-refractivity contribution is -0.129. The Morgan fingerprint density at radius 1 is 0.738 bits per heavy atom.